The molecule has 0 aliphatic carbocycles. The van der Waals surface area contributed by atoms with E-state index >= 15 is 0 Å². The van der Waals surface area contributed by atoms with E-state index in [1.54, 1.807) is 30.5 Å². The summed E-state index contributed by atoms with van der Waals surface area (Å²) in [6.45, 7) is 1.40. The zero-order valence-electron chi connectivity index (χ0n) is 18.9. The van der Waals surface area contributed by atoms with Gasteiger partial charge in [0.2, 0.25) is 0 Å². The van der Waals surface area contributed by atoms with Gasteiger partial charge in [0.05, 0.1) is 13.0 Å². The van der Waals surface area contributed by atoms with E-state index in [-0.39, 0.29) is 18.6 Å². The zero-order chi connectivity index (χ0) is 24.8. The average molecular weight is 508 g/mol. The third kappa shape index (κ3) is 5.70. The number of esters is 2. The molecule has 0 aliphatic rings. The van der Waals surface area contributed by atoms with Crippen LogP contribution in [0.15, 0.2) is 72.1 Å². The van der Waals surface area contributed by atoms with E-state index in [0.717, 1.165) is 16.3 Å². The van der Waals surface area contributed by atoms with Crippen molar-refractivity contribution in [2.75, 3.05) is 18.5 Å². The van der Waals surface area contributed by atoms with Crippen LogP contribution in [0, 0.1) is 0 Å². The molecule has 178 valence electrons. The average Bonchev–Trinajstić information content (AvgIpc) is 3.26. The molecule has 4 rings (SSSR count). The minimum atomic E-state index is -0.577. The van der Waals surface area contributed by atoms with Crippen LogP contribution < -0.4 is 5.32 Å². The smallest absolute Gasteiger partial charge is 0.341 e. The Labute approximate surface area is 211 Å². The summed E-state index contributed by atoms with van der Waals surface area (Å²) in [5.41, 5.74) is 2.24. The standard InChI is InChI=1S/C27H22ClNO5S/c1-2-33-27(32)25-21(20-12-5-6-13-22(20)28)16-35-26(25)29-23(30)15-34-24(31)14-18-10-7-9-17-8-3-4-11-19(17)18/h3-13,16H,2,14-15H2,1H3,(H,29,30). The molecule has 0 atom stereocenters. The van der Waals surface area contributed by atoms with E-state index in [4.69, 9.17) is 21.1 Å². The highest BCUT2D eigenvalue weighted by Crippen LogP contribution is 2.39. The highest BCUT2D eigenvalue weighted by Gasteiger charge is 2.24. The first kappa shape index (κ1) is 24.4. The summed E-state index contributed by atoms with van der Waals surface area (Å²) in [6, 6.07) is 20.6. The zero-order valence-corrected chi connectivity index (χ0v) is 20.4. The van der Waals surface area contributed by atoms with Crippen molar-refractivity contribution in [1.82, 2.24) is 0 Å². The lowest BCUT2D eigenvalue weighted by Gasteiger charge is -2.10. The summed E-state index contributed by atoms with van der Waals surface area (Å²) in [5, 5.41) is 7.15. The SMILES string of the molecule is CCOC(=O)c1c(-c2ccccc2Cl)csc1NC(=O)COC(=O)Cc1cccc2ccccc12. The Kier molecular flexibility index (Phi) is 7.80. The molecule has 0 unspecified atom stereocenters. The number of halogens is 1. The number of thiophene rings is 1. The Bertz CT molecular complexity index is 1390. The topological polar surface area (TPSA) is 81.7 Å². The van der Waals surface area contributed by atoms with Crippen molar-refractivity contribution in [3.8, 4) is 11.1 Å². The van der Waals surface area contributed by atoms with Gasteiger partial charge in [0.1, 0.15) is 10.6 Å². The lowest BCUT2D eigenvalue weighted by atomic mass is 10.0. The molecule has 3 aromatic carbocycles. The lowest BCUT2D eigenvalue weighted by Crippen LogP contribution is -2.22. The lowest BCUT2D eigenvalue weighted by molar-refractivity contribution is -0.146. The second kappa shape index (κ2) is 11.2. The first-order chi connectivity index (χ1) is 17.0. The number of benzene rings is 3. The van der Waals surface area contributed by atoms with Gasteiger partial charge in [-0.3, -0.25) is 9.59 Å². The van der Waals surface area contributed by atoms with Crippen LogP contribution >= 0.6 is 22.9 Å². The molecule has 1 amide bonds. The van der Waals surface area contributed by atoms with Crippen LogP contribution in [0.1, 0.15) is 22.8 Å². The maximum Gasteiger partial charge on any atom is 0.341 e. The van der Waals surface area contributed by atoms with Crippen LogP contribution in [0.3, 0.4) is 0 Å². The highest BCUT2D eigenvalue weighted by atomic mass is 35.5. The maximum absolute atomic E-state index is 12.7. The molecule has 6 nitrogen and oxygen atoms in total. The van der Waals surface area contributed by atoms with E-state index in [0.29, 0.717) is 21.2 Å². The molecule has 1 N–H and O–H groups in total. The van der Waals surface area contributed by atoms with E-state index in [1.165, 1.54) is 11.3 Å². The molecule has 8 heteroatoms. The number of anilines is 1. The van der Waals surface area contributed by atoms with Crippen molar-refractivity contribution in [3.63, 3.8) is 0 Å². The van der Waals surface area contributed by atoms with Crippen molar-refractivity contribution < 1.29 is 23.9 Å². The van der Waals surface area contributed by atoms with Gasteiger partial charge < -0.3 is 14.8 Å². The molecule has 0 saturated heterocycles. The first-order valence-corrected chi connectivity index (χ1v) is 12.2. The Morgan fingerprint density at radius 2 is 1.66 bits per heavy atom. The van der Waals surface area contributed by atoms with Crippen molar-refractivity contribution in [2.24, 2.45) is 0 Å². The quantitative estimate of drug-likeness (QED) is 0.290. The molecular formula is C27H22ClNO5S. The summed E-state index contributed by atoms with van der Waals surface area (Å²) >= 11 is 7.49. The summed E-state index contributed by atoms with van der Waals surface area (Å²) in [6.07, 6.45) is 0.0400. The molecule has 0 spiro atoms. The van der Waals surface area contributed by atoms with Crippen molar-refractivity contribution in [3.05, 3.63) is 88.3 Å². The predicted molar refractivity (Wildman–Crippen MR) is 138 cm³/mol. The summed E-state index contributed by atoms with van der Waals surface area (Å²) in [4.78, 5) is 37.7. The van der Waals surface area contributed by atoms with E-state index in [2.05, 4.69) is 5.32 Å². The van der Waals surface area contributed by atoms with E-state index in [1.807, 2.05) is 48.5 Å². The number of hydrogen-bond acceptors (Lipinski definition) is 6. The van der Waals surface area contributed by atoms with Crippen molar-refractivity contribution in [1.29, 1.82) is 0 Å². The third-order valence-corrected chi connectivity index (χ3v) is 6.49. The number of carbonyl (C=O) groups is 3. The fourth-order valence-electron chi connectivity index (χ4n) is 3.70. The number of nitrogens with one attached hydrogen (secondary N) is 1. The minimum absolute atomic E-state index is 0.0400. The summed E-state index contributed by atoms with van der Waals surface area (Å²) in [7, 11) is 0. The molecular weight excluding hydrogens is 486 g/mol. The molecule has 0 saturated carbocycles. The van der Waals surface area contributed by atoms with Crippen molar-refractivity contribution >= 4 is 56.6 Å². The van der Waals surface area contributed by atoms with Crippen LogP contribution in [0.2, 0.25) is 5.02 Å². The van der Waals surface area contributed by atoms with Gasteiger partial charge in [-0.15, -0.1) is 11.3 Å². The Balaban J connectivity index is 1.45. The molecule has 1 heterocycles. The number of ether oxygens (including phenoxy) is 2. The van der Waals surface area contributed by atoms with Gasteiger partial charge in [-0.1, -0.05) is 72.3 Å². The Hall–Kier alpha value is -3.68. The van der Waals surface area contributed by atoms with Gasteiger partial charge in [-0.2, -0.15) is 0 Å². The van der Waals surface area contributed by atoms with Gasteiger partial charge in [-0.05, 0) is 29.3 Å². The largest absolute Gasteiger partial charge is 0.462 e. The second-order valence-electron chi connectivity index (χ2n) is 7.58. The van der Waals surface area contributed by atoms with Crippen LogP contribution in [-0.4, -0.2) is 31.1 Å². The van der Waals surface area contributed by atoms with Crippen LogP contribution in [0.5, 0.6) is 0 Å². The van der Waals surface area contributed by atoms with E-state index in [9.17, 15) is 14.4 Å². The van der Waals surface area contributed by atoms with Crippen LogP contribution in [0.4, 0.5) is 5.00 Å². The number of carbonyl (C=O) groups excluding carboxylic acids is 3. The number of amides is 1. The second-order valence-corrected chi connectivity index (χ2v) is 8.86. The number of hydrogen-bond donors (Lipinski definition) is 1. The van der Waals surface area contributed by atoms with Crippen LogP contribution in [0.25, 0.3) is 21.9 Å². The molecule has 4 aromatic rings. The molecule has 0 fully saturated rings. The van der Waals surface area contributed by atoms with Gasteiger partial charge in [0.15, 0.2) is 6.61 Å². The number of rotatable bonds is 8. The summed E-state index contributed by atoms with van der Waals surface area (Å²) in [5.74, 6) is -1.66. The third-order valence-electron chi connectivity index (χ3n) is 5.27. The fraction of sp³-hybridized carbons (Fsp3) is 0.148. The van der Waals surface area contributed by atoms with Gasteiger partial charge in [0.25, 0.3) is 5.91 Å². The molecule has 0 radical (unpaired) electrons. The Morgan fingerprint density at radius 3 is 2.46 bits per heavy atom. The Morgan fingerprint density at radius 1 is 0.914 bits per heavy atom. The minimum Gasteiger partial charge on any atom is -0.462 e. The normalized spacial score (nSPS) is 10.7. The fourth-order valence-corrected chi connectivity index (χ4v) is 4.90. The first-order valence-electron chi connectivity index (χ1n) is 10.9. The summed E-state index contributed by atoms with van der Waals surface area (Å²) < 4.78 is 10.4. The monoisotopic (exact) mass is 507 g/mol. The maximum atomic E-state index is 12.7. The van der Waals surface area contributed by atoms with Crippen molar-refractivity contribution in [2.45, 2.75) is 13.3 Å². The van der Waals surface area contributed by atoms with Gasteiger partial charge in [-0.25, -0.2) is 4.79 Å². The molecule has 0 bridgehead atoms. The van der Waals surface area contributed by atoms with Gasteiger partial charge >= 0.3 is 11.9 Å². The predicted octanol–water partition coefficient (Wildman–Crippen LogP) is 6.12. The van der Waals surface area contributed by atoms with E-state index < -0.39 is 24.5 Å². The molecule has 1 aromatic heterocycles. The van der Waals surface area contributed by atoms with Gasteiger partial charge in [0, 0.05) is 21.5 Å². The molecule has 35 heavy (non-hydrogen) atoms. The highest BCUT2D eigenvalue weighted by molar-refractivity contribution is 7.15. The van der Waals surface area contributed by atoms with Crippen LogP contribution in [-0.2, 0) is 25.5 Å². The molecule has 0 aliphatic heterocycles. The number of fused-ring (bicyclic) bond motifs is 1.